The molecular formula is C24H30N2O2. The highest BCUT2D eigenvalue weighted by molar-refractivity contribution is 5.94. The Balaban J connectivity index is 1.26. The fourth-order valence-electron chi connectivity index (χ4n) is 4.52. The molecule has 5 rings (SSSR count). The van der Waals surface area contributed by atoms with E-state index in [1.54, 1.807) is 0 Å². The second kappa shape index (κ2) is 9.35. The molecule has 0 aromatic heterocycles. The fourth-order valence-corrected chi connectivity index (χ4v) is 4.52. The van der Waals surface area contributed by atoms with Gasteiger partial charge in [0.15, 0.2) is 0 Å². The van der Waals surface area contributed by atoms with Gasteiger partial charge < -0.3 is 9.64 Å². The van der Waals surface area contributed by atoms with Crippen molar-refractivity contribution in [3.63, 3.8) is 0 Å². The van der Waals surface area contributed by atoms with Gasteiger partial charge in [-0.25, -0.2) is 0 Å². The van der Waals surface area contributed by atoms with Crippen LogP contribution in [0.25, 0.3) is 0 Å². The summed E-state index contributed by atoms with van der Waals surface area (Å²) in [7, 11) is 0. The Morgan fingerprint density at radius 2 is 1.68 bits per heavy atom. The standard InChI is InChI=1S/C24H30N2O2/c27-24(22-10-5-2-6-11-22)26-17-21-12-13-23(18-26)25(16-21)14-7-15-28-19-20-8-3-1-4-9-20/h1-6,8-11,21,23H,7,12-19H2/t21-,23-/m1/s1. The summed E-state index contributed by atoms with van der Waals surface area (Å²) in [5.74, 6) is 0.780. The zero-order valence-corrected chi connectivity index (χ0v) is 16.5. The first kappa shape index (κ1) is 19.2. The number of piperidine rings is 1. The second-order valence-electron chi connectivity index (χ2n) is 8.06. The summed E-state index contributed by atoms with van der Waals surface area (Å²) >= 11 is 0. The van der Waals surface area contributed by atoms with Crippen LogP contribution in [0.5, 0.6) is 0 Å². The van der Waals surface area contributed by atoms with E-state index in [1.165, 1.54) is 18.4 Å². The summed E-state index contributed by atoms with van der Waals surface area (Å²) in [5, 5.41) is 0. The molecule has 0 radical (unpaired) electrons. The van der Waals surface area contributed by atoms with Crippen molar-refractivity contribution in [2.75, 3.05) is 32.8 Å². The SMILES string of the molecule is O=C(c1ccccc1)N1C[C@@H]2CC[C@H](C1)N(CCCOCc1ccccc1)C2. The van der Waals surface area contributed by atoms with Crippen LogP contribution >= 0.6 is 0 Å². The highest BCUT2D eigenvalue weighted by Gasteiger charge is 2.36. The van der Waals surface area contributed by atoms with Gasteiger partial charge >= 0.3 is 0 Å². The van der Waals surface area contributed by atoms with E-state index < -0.39 is 0 Å². The van der Waals surface area contributed by atoms with Crippen LogP contribution in [-0.2, 0) is 11.3 Å². The Kier molecular flexibility index (Phi) is 6.40. The van der Waals surface area contributed by atoms with Crippen LogP contribution < -0.4 is 0 Å². The number of nitrogens with zero attached hydrogens (tertiary/aromatic N) is 2. The minimum atomic E-state index is 0.186. The lowest BCUT2D eigenvalue weighted by Crippen LogP contribution is -2.45. The number of rotatable bonds is 7. The van der Waals surface area contributed by atoms with E-state index in [1.807, 2.05) is 36.4 Å². The van der Waals surface area contributed by atoms with Crippen LogP contribution in [-0.4, -0.2) is 54.5 Å². The first-order valence-electron chi connectivity index (χ1n) is 10.5. The summed E-state index contributed by atoms with van der Waals surface area (Å²) in [6, 6.07) is 20.5. The molecule has 3 aliphatic heterocycles. The van der Waals surface area contributed by atoms with E-state index >= 15 is 0 Å². The van der Waals surface area contributed by atoms with E-state index in [0.29, 0.717) is 18.6 Å². The van der Waals surface area contributed by atoms with Gasteiger partial charge in [-0.3, -0.25) is 9.69 Å². The third kappa shape index (κ3) is 4.81. The molecule has 3 fully saturated rings. The lowest BCUT2D eigenvalue weighted by Gasteiger charge is -2.36. The summed E-state index contributed by atoms with van der Waals surface area (Å²) < 4.78 is 5.85. The largest absolute Gasteiger partial charge is 0.377 e. The summed E-state index contributed by atoms with van der Waals surface area (Å²) in [6.45, 7) is 5.40. The maximum Gasteiger partial charge on any atom is 0.253 e. The van der Waals surface area contributed by atoms with Gasteiger partial charge in [0, 0.05) is 44.4 Å². The molecule has 4 nitrogen and oxygen atoms in total. The van der Waals surface area contributed by atoms with Gasteiger partial charge in [0.25, 0.3) is 5.91 Å². The Labute approximate surface area is 168 Å². The number of hydrogen-bond acceptors (Lipinski definition) is 3. The smallest absolute Gasteiger partial charge is 0.253 e. The molecule has 2 aromatic rings. The molecule has 2 atom stereocenters. The maximum absolute atomic E-state index is 12.9. The van der Waals surface area contributed by atoms with Crippen LogP contribution in [0.2, 0.25) is 0 Å². The molecule has 148 valence electrons. The van der Waals surface area contributed by atoms with Crippen LogP contribution in [0.15, 0.2) is 60.7 Å². The molecule has 0 aliphatic carbocycles. The molecule has 0 spiro atoms. The zero-order valence-electron chi connectivity index (χ0n) is 16.5. The molecule has 0 N–H and O–H groups in total. The molecule has 3 aliphatic rings. The van der Waals surface area contributed by atoms with E-state index in [2.05, 4.69) is 34.1 Å². The number of benzene rings is 2. The molecule has 3 saturated heterocycles. The average molecular weight is 379 g/mol. The molecule has 0 saturated carbocycles. The Morgan fingerprint density at radius 1 is 0.929 bits per heavy atom. The fraction of sp³-hybridized carbons (Fsp3) is 0.458. The normalized spacial score (nSPS) is 22.2. The number of ether oxygens (including phenoxy) is 1. The van der Waals surface area contributed by atoms with Crippen molar-refractivity contribution in [2.24, 2.45) is 5.92 Å². The average Bonchev–Trinajstić information content (AvgIpc) is 3.06. The number of hydrogen-bond donors (Lipinski definition) is 0. The predicted octanol–water partition coefficient (Wildman–Crippen LogP) is 3.83. The van der Waals surface area contributed by atoms with Crippen molar-refractivity contribution in [2.45, 2.75) is 31.9 Å². The number of carbonyl (C=O) groups excluding carboxylic acids is 1. The quantitative estimate of drug-likeness (QED) is 0.687. The van der Waals surface area contributed by atoms with Crippen molar-refractivity contribution in [1.29, 1.82) is 0 Å². The minimum Gasteiger partial charge on any atom is -0.377 e. The van der Waals surface area contributed by atoms with Crippen molar-refractivity contribution < 1.29 is 9.53 Å². The van der Waals surface area contributed by atoms with Gasteiger partial charge in [-0.2, -0.15) is 0 Å². The van der Waals surface area contributed by atoms with Crippen LogP contribution in [0, 0.1) is 5.92 Å². The first-order chi connectivity index (χ1) is 13.8. The second-order valence-corrected chi connectivity index (χ2v) is 8.06. The molecule has 2 aromatic carbocycles. The van der Waals surface area contributed by atoms with E-state index in [0.717, 1.165) is 44.8 Å². The van der Waals surface area contributed by atoms with Gasteiger partial charge in [-0.15, -0.1) is 0 Å². The maximum atomic E-state index is 12.9. The van der Waals surface area contributed by atoms with Gasteiger partial charge in [0.2, 0.25) is 0 Å². The summed E-state index contributed by atoms with van der Waals surface area (Å²) in [4.78, 5) is 17.6. The van der Waals surface area contributed by atoms with Crippen LogP contribution in [0.1, 0.15) is 35.2 Å². The lowest BCUT2D eigenvalue weighted by atomic mass is 9.95. The molecule has 2 bridgehead atoms. The van der Waals surface area contributed by atoms with Gasteiger partial charge in [-0.05, 0) is 42.9 Å². The zero-order chi connectivity index (χ0) is 19.2. The van der Waals surface area contributed by atoms with Gasteiger partial charge in [-0.1, -0.05) is 48.5 Å². The summed E-state index contributed by atoms with van der Waals surface area (Å²) in [5.41, 5.74) is 2.04. The minimum absolute atomic E-state index is 0.186. The topological polar surface area (TPSA) is 32.8 Å². The van der Waals surface area contributed by atoms with Crippen molar-refractivity contribution in [3.8, 4) is 0 Å². The van der Waals surface area contributed by atoms with Crippen molar-refractivity contribution in [3.05, 3.63) is 71.8 Å². The van der Waals surface area contributed by atoms with Crippen LogP contribution in [0.3, 0.4) is 0 Å². The van der Waals surface area contributed by atoms with Crippen LogP contribution in [0.4, 0.5) is 0 Å². The molecule has 4 heteroatoms. The van der Waals surface area contributed by atoms with E-state index in [-0.39, 0.29) is 5.91 Å². The summed E-state index contributed by atoms with van der Waals surface area (Å²) in [6.07, 6.45) is 3.49. The lowest BCUT2D eigenvalue weighted by molar-refractivity contribution is 0.0722. The number of carbonyl (C=O) groups is 1. The van der Waals surface area contributed by atoms with E-state index in [9.17, 15) is 4.79 Å². The van der Waals surface area contributed by atoms with Crippen molar-refractivity contribution in [1.82, 2.24) is 9.80 Å². The first-order valence-corrected chi connectivity index (χ1v) is 10.5. The predicted molar refractivity (Wildman–Crippen MR) is 111 cm³/mol. The highest BCUT2D eigenvalue weighted by Crippen LogP contribution is 2.28. The highest BCUT2D eigenvalue weighted by atomic mass is 16.5. The Morgan fingerprint density at radius 3 is 2.46 bits per heavy atom. The molecule has 1 amide bonds. The Hall–Kier alpha value is -2.17. The number of fused-ring (bicyclic) bond motifs is 4. The Bertz CT molecular complexity index is 750. The van der Waals surface area contributed by atoms with Gasteiger partial charge in [0.1, 0.15) is 0 Å². The van der Waals surface area contributed by atoms with Gasteiger partial charge in [0.05, 0.1) is 6.61 Å². The molecule has 28 heavy (non-hydrogen) atoms. The molecular weight excluding hydrogens is 348 g/mol. The molecule has 0 unspecified atom stereocenters. The van der Waals surface area contributed by atoms with Crippen molar-refractivity contribution >= 4 is 5.91 Å². The third-order valence-corrected chi connectivity index (χ3v) is 5.98. The molecule has 3 heterocycles. The monoisotopic (exact) mass is 378 g/mol. The third-order valence-electron chi connectivity index (χ3n) is 5.98. The van der Waals surface area contributed by atoms with E-state index in [4.69, 9.17) is 4.74 Å². The number of amides is 1.